The van der Waals surface area contributed by atoms with Crippen molar-refractivity contribution in [3.05, 3.63) is 53.3 Å². The standard InChI is InChI=1S/C18H20FNO5S/c1-24-16-9-12-7-8-18(21,15(12)10-17(16)25-2)11-20-26(22,23)14-5-3-13(19)4-6-14/h3-6,9-10,20-21H,7-8,11H2,1-2H3. The Bertz CT molecular complexity index is 914. The van der Waals surface area contributed by atoms with Crippen LogP contribution in [0.3, 0.4) is 0 Å². The summed E-state index contributed by atoms with van der Waals surface area (Å²) >= 11 is 0. The molecule has 0 saturated carbocycles. The number of halogens is 1. The van der Waals surface area contributed by atoms with E-state index in [0.717, 1.165) is 17.7 Å². The van der Waals surface area contributed by atoms with E-state index >= 15 is 0 Å². The van der Waals surface area contributed by atoms with E-state index in [1.54, 1.807) is 12.1 Å². The fourth-order valence-corrected chi connectivity index (χ4v) is 4.22. The molecular formula is C18H20FNO5S. The van der Waals surface area contributed by atoms with Crippen molar-refractivity contribution in [1.29, 1.82) is 0 Å². The molecule has 140 valence electrons. The highest BCUT2D eigenvalue weighted by Crippen LogP contribution is 2.42. The molecule has 0 radical (unpaired) electrons. The molecule has 2 aromatic rings. The zero-order valence-corrected chi connectivity index (χ0v) is 15.3. The Kier molecular flexibility index (Phi) is 4.92. The van der Waals surface area contributed by atoms with Gasteiger partial charge in [-0.1, -0.05) is 0 Å². The second-order valence-electron chi connectivity index (χ2n) is 6.17. The van der Waals surface area contributed by atoms with Crippen molar-refractivity contribution in [3.63, 3.8) is 0 Å². The maximum atomic E-state index is 13.0. The molecule has 0 bridgehead atoms. The Labute approximate surface area is 151 Å². The molecule has 1 aliphatic carbocycles. The average molecular weight is 381 g/mol. The lowest BCUT2D eigenvalue weighted by molar-refractivity contribution is 0.0440. The summed E-state index contributed by atoms with van der Waals surface area (Å²) in [4.78, 5) is -0.0620. The molecule has 6 nitrogen and oxygen atoms in total. The molecule has 2 aromatic carbocycles. The molecule has 0 spiro atoms. The zero-order valence-electron chi connectivity index (χ0n) is 14.5. The van der Waals surface area contributed by atoms with Gasteiger partial charge in [0.05, 0.1) is 19.1 Å². The van der Waals surface area contributed by atoms with Crippen LogP contribution >= 0.6 is 0 Å². The van der Waals surface area contributed by atoms with E-state index in [2.05, 4.69) is 4.72 Å². The van der Waals surface area contributed by atoms with E-state index in [1.807, 2.05) is 0 Å². The second kappa shape index (κ2) is 6.86. The number of rotatable bonds is 6. The summed E-state index contributed by atoms with van der Waals surface area (Å²) in [7, 11) is -0.841. The van der Waals surface area contributed by atoms with E-state index < -0.39 is 21.4 Å². The number of hydrogen-bond donors (Lipinski definition) is 2. The quantitative estimate of drug-likeness (QED) is 0.799. The number of nitrogens with one attached hydrogen (secondary N) is 1. The highest BCUT2D eigenvalue weighted by atomic mass is 32.2. The Morgan fingerprint density at radius 2 is 1.77 bits per heavy atom. The van der Waals surface area contributed by atoms with Gasteiger partial charge in [-0.15, -0.1) is 0 Å². The summed E-state index contributed by atoms with van der Waals surface area (Å²) in [6.45, 7) is -0.199. The van der Waals surface area contributed by atoms with Gasteiger partial charge in [-0.05, 0) is 60.4 Å². The van der Waals surface area contributed by atoms with Crippen LogP contribution in [0.2, 0.25) is 0 Å². The molecule has 2 N–H and O–H groups in total. The number of fused-ring (bicyclic) bond motifs is 1. The third-order valence-corrected chi connectivity index (χ3v) is 6.01. The molecular weight excluding hydrogens is 361 g/mol. The summed E-state index contributed by atoms with van der Waals surface area (Å²) in [5.74, 6) is 0.503. The molecule has 0 heterocycles. The molecule has 26 heavy (non-hydrogen) atoms. The fourth-order valence-electron chi connectivity index (χ4n) is 3.13. The number of aliphatic hydroxyl groups is 1. The Morgan fingerprint density at radius 1 is 1.15 bits per heavy atom. The lowest BCUT2D eigenvalue weighted by Crippen LogP contribution is -2.39. The van der Waals surface area contributed by atoms with Crippen molar-refractivity contribution < 1.29 is 27.4 Å². The topological polar surface area (TPSA) is 84.9 Å². The first kappa shape index (κ1) is 18.6. The minimum absolute atomic E-state index is 0.0620. The summed E-state index contributed by atoms with van der Waals surface area (Å²) < 4.78 is 50.7. The van der Waals surface area contributed by atoms with Crippen molar-refractivity contribution in [3.8, 4) is 11.5 Å². The van der Waals surface area contributed by atoms with Gasteiger partial charge in [0, 0.05) is 6.54 Å². The first-order chi connectivity index (χ1) is 12.3. The molecule has 0 fully saturated rings. The van der Waals surface area contributed by atoms with E-state index in [9.17, 15) is 17.9 Å². The maximum absolute atomic E-state index is 13.0. The fraction of sp³-hybridized carbons (Fsp3) is 0.333. The number of ether oxygens (including phenoxy) is 2. The predicted molar refractivity (Wildman–Crippen MR) is 93.4 cm³/mol. The first-order valence-corrected chi connectivity index (χ1v) is 9.50. The number of sulfonamides is 1. The summed E-state index contributed by atoms with van der Waals surface area (Å²) in [5, 5.41) is 11.0. The van der Waals surface area contributed by atoms with Gasteiger partial charge in [-0.25, -0.2) is 17.5 Å². The first-order valence-electron chi connectivity index (χ1n) is 8.02. The van der Waals surface area contributed by atoms with E-state index in [-0.39, 0.29) is 11.4 Å². The van der Waals surface area contributed by atoms with E-state index in [1.165, 1.54) is 26.4 Å². The van der Waals surface area contributed by atoms with Gasteiger partial charge in [0.15, 0.2) is 11.5 Å². The van der Waals surface area contributed by atoms with Crippen LogP contribution in [-0.2, 0) is 22.0 Å². The molecule has 1 aliphatic rings. The highest BCUT2D eigenvalue weighted by molar-refractivity contribution is 7.89. The van der Waals surface area contributed by atoms with Gasteiger partial charge in [0.25, 0.3) is 0 Å². The molecule has 0 aliphatic heterocycles. The van der Waals surface area contributed by atoms with Crippen molar-refractivity contribution in [1.82, 2.24) is 4.72 Å². The van der Waals surface area contributed by atoms with Crippen LogP contribution in [0.15, 0.2) is 41.3 Å². The van der Waals surface area contributed by atoms with Crippen LogP contribution in [0, 0.1) is 5.82 Å². The Hall–Kier alpha value is -2.16. The van der Waals surface area contributed by atoms with Crippen molar-refractivity contribution in [2.75, 3.05) is 20.8 Å². The van der Waals surface area contributed by atoms with Gasteiger partial charge in [-0.3, -0.25) is 0 Å². The van der Waals surface area contributed by atoms with Crippen LogP contribution in [0.4, 0.5) is 4.39 Å². The molecule has 0 amide bonds. The minimum atomic E-state index is -3.87. The molecule has 1 unspecified atom stereocenters. The SMILES string of the molecule is COc1cc2c(cc1OC)C(O)(CNS(=O)(=O)c1ccc(F)cc1)CC2. The number of aryl methyl sites for hydroxylation is 1. The third kappa shape index (κ3) is 3.40. The average Bonchev–Trinajstić information content (AvgIpc) is 2.96. The van der Waals surface area contributed by atoms with Crippen molar-refractivity contribution >= 4 is 10.0 Å². The largest absolute Gasteiger partial charge is 0.493 e. The summed E-state index contributed by atoms with van der Waals surface area (Å²) in [6.07, 6.45) is 0.953. The second-order valence-corrected chi connectivity index (χ2v) is 7.94. The highest BCUT2D eigenvalue weighted by Gasteiger charge is 2.38. The van der Waals surface area contributed by atoms with Gasteiger partial charge in [0.2, 0.25) is 10.0 Å². The lowest BCUT2D eigenvalue weighted by atomic mass is 9.96. The van der Waals surface area contributed by atoms with Crippen molar-refractivity contribution in [2.45, 2.75) is 23.3 Å². The van der Waals surface area contributed by atoms with Gasteiger partial charge in [-0.2, -0.15) is 0 Å². The van der Waals surface area contributed by atoms with Gasteiger partial charge < -0.3 is 14.6 Å². The summed E-state index contributed by atoms with van der Waals surface area (Å²) in [6, 6.07) is 7.97. The molecule has 0 saturated heterocycles. The van der Waals surface area contributed by atoms with Gasteiger partial charge in [0.1, 0.15) is 11.4 Å². The zero-order chi connectivity index (χ0) is 18.9. The molecule has 1 atom stereocenters. The third-order valence-electron chi connectivity index (χ3n) is 4.60. The van der Waals surface area contributed by atoms with Crippen LogP contribution in [0.1, 0.15) is 17.5 Å². The predicted octanol–water partition coefficient (Wildman–Crippen LogP) is 1.96. The van der Waals surface area contributed by atoms with Crippen LogP contribution in [-0.4, -0.2) is 34.3 Å². The van der Waals surface area contributed by atoms with E-state index in [4.69, 9.17) is 9.47 Å². The molecule has 0 aromatic heterocycles. The monoisotopic (exact) mass is 381 g/mol. The smallest absolute Gasteiger partial charge is 0.240 e. The van der Waals surface area contributed by atoms with Crippen LogP contribution < -0.4 is 14.2 Å². The van der Waals surface area contributed by atoms with Crippen molar-refractivity contribution in [2.24, 2.45) is 0 Å². The molecule has 8 heteroatoms. The summed E-state index contributed by atoms with van der Waals surface area (Å²) in [5.41, 5.74) is 0.130. The lowest BCUT2D eigenvalue weighted by Gasteiger charge is -2.25. The van der Waals surface area contributed by atoms with Crippen LogP contribution in [0.5, 0.6) is 11.5 Å². The van der Waals surface area contributed by atoms with Crippen LogP contribution in [0.25, 0.3) is 0 Å². The minimum Gasteiger partial charge on any atom is -0.493 e. The Balaban J connectivity index is 1.84. The van der Waals surface area contributed by atoms with Gasteiger partial charge >= 0.3 is 0 Å². The maximum Gasteiger partial charge on any atom is 0.240 e. The Morgan fingerprint density at radius 3 is 2.38 bits per heavy atom. The number of methoxy groups -OCH3 is 2. The van der Waals surface area contributed by atoms with E-state index in [0.29, 0.717) is 29.9 Å². The normalized spacial score (nSPS) is 19.2. The number of hydrogen-bond acceptors (Lipinski definition) is 5. The number of benzene rings is 2. The molecule has 3 rings (SSSR count).